The molecule has 0 heterocycles. The molecule has 1 aliphatic rings. The lowest BCUT2D eigenvalue weighted by atomic mass is 9.93. The van der Waals surface area contributed by atoms with E-state index >= 15 is 0 Å². The molecular formula is C15H23NO2. The fourth-order valence-corrected chi connectivity index (χ4v) is 2.33. The Morgan fingerprint density at radius 1 is 1.28 bits per heavy atom. The first-order chi connectivity index (χ1) is 8.69. The van der Waals surface area contributed by atoms with Gasteiger partial charge < -0.3 is 15.2 Å². The molecule has 100 valence electrons. The van der Waals surface area contributed by atoms with Crippen molar-refractivity contribution in [2.24, 2.45) is 5.73 Å². The van der Waals surface area contributed by atoms with E-state index in [4.69, 9.17) is 15.2 Å². The summed E-state index contributed by atoms with van der Waals surface area (Å²) in [7, 11) is 3.48. The van der Waals surface area contributed by atoms with Crippen molar-refractivity contribution in [2.75, 3.05) is 27.4 Å². The molecule has 3 nitrogen and oxygen atoms in total. The van der Waals surface area contributed by atoms with Gasteiger partial charge in [0, 0.05) is 32.3 Å². The second kappa shape index (κ2) is 5.83. The van der Waals surface area contributed by atoms with Crippen molar-refractivity contribution in [3.8, 4) is 0 Å². The molecule has 1 atom stereocenters. The second-order valence-corrected chi connectivity index (χ2v) is 5.22. The molecule has 1 fully saturated rings. The summed E-state index contributed by atoms with van der Waals surface area (Å²) in [6.45, 7) is 1.48. The van der Waals surface area contributed by atoms with Crippen LogP contribution in [-0.2, 0) is 15.0 Å². The summed E-state index contributed by atoms with van der Waals surface area (Å²) in [5.74, 6) is 0.386. The predicted octanol–water partition coefficient (Wildman–Crippen LogP) is 2.40. The minimum absolute atomic E-state index is 0.0606. The molecule has 0 amide bonds. The van der Waals surface area contributed by atoms with Gasteiger partial charge in [-0.1, -0.05) is 24.3 Å². The lowest BCUT2D eigenvalue weighted by Crippen LogP contribution is -2.19. The Bertz CT molecular complexity index is 388. The summed E-state index contributed by atoms with van der Waals surface area (Å²) in [6.07, 6.45) is 3.18. The van der Waals surface area contributed by atoms with E-state index in [1.165, 1.54) is 11.1 Å². The Morgan fingerprint density at radius 2 is 2.06 bits per heavy atom. The van der Waals surface area contributed by atoms with Gasteiger partial charge >= 0.3 is 0 Å². The van der Waals surface area contributed by atoms with Crippen molar-refractivity contribution in [2.45, 2.75) is 30.7 Å². The summed E-state index contributed by atoms with van der Waals surface area (Å²) in [4.78, 5) is 0. The topological polar surface area (TPSA) is 44.5 Å². The molecule has 18 heavy (non-hydrogen) atoms. The highest BCUT2D eigenvalue weighted by Crippen LogP contribution is 2.43. The lowest BCUT2D eigenvalue weighted by Gasteiger charge is -2.18. The third kappa shape index (κ3) is 3.10. The van der Waals surface area contributed by atoms with Gasteiger partial charge in [0.1, 0.15) is 0 Å². The van der Waals surface area contributed by atoms with Crippen molar-refractivity contribution in [1.82, 2.24) is 0 Å². The molecule has 0 bridgehead atoms. The van der Waals surface area contributed by atoms with Gasteiger partial charge in [-0.2, -0.15) is 0 Å². The van der Waals surface area contributed by atoms with Crippen LogP contribution in [0, 0.1) is 0 Å². The van der Waals surface area contributed by atoms with E-state index in [0.29, 0.717) is 5.92 Å². The minimum Gasteiger partial charge on any atom is -0.385 e. The molecule has 1 aromatic carbocycles. The SMILES string of the molecule is COCCC(COC)c1cccc(C2(N)CC2)c1. The summed E-state index contributed by atoms with van der Waals surface area (Å²) in [5, 5.41) is 0. The summed E-state index contributed by atoms with van der Waals surface area (Å²) in [6, 6.07) is 8.64. The predicted molar refractivity (Wildman–Crippen MR) is 72.7 cm³/mol. The smallest absolute Gasteiger partial charge is 0.0531 e. The molecule has 0 radical (unpaired) electrons. The van der Waals surface area contributed by atoms with E-state index in [1.807, 2.05) is 0 Å². The number of hydrogen-bond donors (Lipinski definition) is 1. The highest BCUT2D eigenvalue weighted by atomic mass is 16.5. The average molecular weight is 249 g/mol. The zero-order valence-corrected chi connectivity index (χ0v) is 11.3. The number of methoxy groups -OCH3 is 2. The van der Waals surface area contributed by atoms with Crippen LogP contribution in [0.3, 0.4) is 0 Å². The molecule has 2 rings (SSSR count). The minimum atomic E-state index is -0.0606. The summed E-state index contributed by atoms with van der Waals surface area (Å²) >= 11 is 0. The highest BCUT2D eigenvalue weighted by Gasteiger charge is 2.40. The van der Waals surface area contributed by atoms with Crippen molar-refractivity contribution in [1.29, 1.82) is 0 Å². The largest absolute Gasteiger partial charge is 0.385 e. The van der Waals surface area contributed by atoms with E-state index in [1.54, 1.807) is 14.2 Å². The number of rotatable bonds is 7. The summed E-state index contributed by atoms with van der Waals surface area (Å²) in [5.41, 5.74) is 8.77. The maximum atomic E-state index is 6.26. The third-order valence-corrected chi connectivity index (χ3v) is 3.76. The molecule has 1 saturated carbocycles. The van der Waals surface area contributed by atoms with Gasteiger partial charge in [-0.25, -0.2) is 0 Å². The fraction of sp³-hybridized carbons (Fsp3) is 0.600. The quantitative estimate of drug-likeness (QED) is 0.807. The molecule has 2 N–H and O–H groups in total. The van der Waals surface area contributed by atoms with Crippen LogP contribution in [0.4, 0.5) is 0 Å². The Morgan fingerprint density at radius 3 is 2.67 bits per heavy atom. The van der Waals surface area contributed by atoms with Gasteiger partial charge in [-0.3, -0.25) is 0 Å². The van der Waals surface area contributed by atoms with Crippen LogP contribution < -0.4 is 5.73 Å². The Kier molecular flexibility index (Phi) is 4.38. The third-order valence-electron chi connectivity index (χ3n) is 3.76. The Labute approximate surface area is 109 Å². The van der Waals surface area contributed by atoms with E-state index in [2.05, 4.69) is 24.3 Å². The standard InChI is InChI=1S/C15H23NO2/c1-17-9-6-13(11-18-2)12-4-3-5-14(10-12)15(16)7-8-15/h3-5,10,13H,6-9,11,16H2,1-2H3. The van der Waals surface area contributed by atoms with Crippen molar-refractivity contribution >= 4 is 0 Å². The lowest BCUT2D eigenvalue weighted by molar-refractivity contribution is 0.144. The molecule has 0 spiro atoms. The van der Waals surface area contributed by atoms with Gasteiger partial charge in [0.15, 0.2) is 0 Å². The van der Waals surface area contributed by atoms with Crippen LogP contribution in [0.25, 0.3) is 0 Å². The molecule has 1 aliphatic carbocycles. The van der Waals surface area contributed by atoms with Gasteiger partial charge in [0.25, 0.3) is 0 Å². The van der Waals surface area contributed by atoms with Crippen molar-refractivity contribution in [3.63, 3.8) is 0 Å². The van der Waals surface area contributed by atoms with Crippen LogP contribution in [-0.4, -0.2) is 27.4 Å². The molecule has 0 aromatic heterocycles. The number of ether oxygens (including phenoxy) is 2. The first-order valence-corrected chi connectivity index (χ1v) is 6.57. The fourth-order valence-electron chi connectivity index (χ4n) is 2.33. The molecule has 3 heteroatoms. The Balaban J connectivity index is 2.13. The molecular weight excluding hydrogens is 226 g/mol. The van der Waals surface area contributed by atoms with Gasteiger partial charge in [-0.05, 0) is 30.4 Å². The normalized spacial score (nSPS) is 18.6. The van der Waals surface area contributed by atoms with Crippen LogP contribution in [0.15, 0.2) is 24.3 Å². The van der Waals surface area contributed by atoms with Crippen LogP contribution in [0.5, 0.6) is 0 Å². The average Bonchev–Trinajstić information content (AvgIpc) is 3.14. The van der Waals surface area contributed by atoms with E-state index in [9.17, 15) is 0 Å². The van der Waals surface area contributed by atoms with Crippen LogP contribution >= 0.6 is 0 Å². The zero-order valence-electron chi connectivity index (χ0n) is 11.3. The first kappa shape index (κ1) is 13.5. The molecule has 1 aromatic rings. The van der Waals surface area contributed by atoms with E-state index in [-0.39, 0.29) is 5.54 Å². The van der Waals surface area contributed by atoms with Gasteiger partial charge in [0.2, 0.25) is 0 Å². The number of benzene rings is 1. The maximum Gasteiger partial charge on any atom is 0.0531 e. The maximum absolute atomic E-state index is 6.26. The van der Waals surface area contributed by atoms with Crippen LogP contribution in [0.1, 0.15) is 36.3 Å². The van der Waals surface area contributed by atoms with Gasteiger partial charge in [-0.15, -0.1) is 0 Å². The van der Waals surface area contributed by atoms with Gasteiger partial charge in [0.05, 0.1) is 6.61 Å². The summed E-state index contributed by atoms with van der Waals surface area (Å²) < 4.78 is 10.5. The molecule has 0 aliphatic heterocycles. The molecule has 1 unspecified atom stereocenters. The Hall–Kier alpha value is -0.900. The van der Waals surface area contributed by atoms with Crippen molar-refractivity contribution in [3.05, 3.63) is 35.4 Å². The van der Waals surface area contributed by atoms with Crippen LogP contribution in [0.2, 0.25) is 0 Å². The first-order valence-electron chi connectivity index (χ1n) is 6.57. The van der Waals surface area contributed by atoms with E-state index in [0.717, 1.165) is 32.5 Å². The number of nitrogens with two attached hydrogens (primary N) is 1. The highest BCUT2D eigenvalue weighted by molar-refractivity contribution is 5.34. The monoisotopic (exact) mass is 249 g/mol. The zero-order chi connectivity index (χ0) is 13.0. The molecule has 0 saturated heterocycles. The van der Waals surface area contributed by atoms with E-state index < -0.39 is 0 Å². The number of hydrogen-bond acceptors (Lipinski definition) is 3. The van der Waals surface area contributed by atoms with Crippen molar-refractivity contribution < 1.29 is 9.47 Å². The second-order valence-electron chi connectivity index (χ2n) is 5.22.